The minimum Gasteiger partial charge on any atom is -0.481 e. The van der Waals surface area contributed by atoms with E-state index in [-0.39, 0.29) is 6.10 Å². The Bertz CT molecular complexity index is 1110. The summed E-state index contributed by atoms with van der Waals surface area (Å²) in [5.74, 6) is 1.69. The average molecular weight is 494 g/mol. The Hall–Kier alpha value is -2.67. The summed E-state index contributed by atoms with van der Waals surface area (Å²) in [6.45, 7) is 2.97. The zero-order valence-electron chi connectivity index (χ0n) is 18.3. The summed E-state index contributed by atoms with van der Waals surface area (Å²) in [6.07, 6.45) is 3.26. The third-order valence-electron chi connectivity index (χ3n) is 5.20. The molecule has 3 aromatic rings. The van der Waals surface area contributed by atoms with Gasteiger partial charge in [0.05, 0.1) is 30.0 Å². The van der Waals surface area contributed by atoms with E-state index in [2.05, 4.69) is 29.9 Å². The highest BCUT2D eigenvalue weighted by Gasteiger charge is 2.30. The van der Waals surface area contributed by atoms with Crippen LogP contribution in [0, 0.1) is 0 Å². The van der Waals surface area contributed by atoms with Gasteiger partial charge < -0.3 is 14.2 Å². The van der Waals surface area contributed by atoms with Gasteiger partial charge in [-0.2, -0.15) is 0 Å². The maximum atomic E-state index is 13.2. The summed E-state index contributed by atoms with van der Waals surface area (Å²) in [5.41, 5.74) is 0.581. The molecule has 1 aliphatic heterocycles. The van der Waals surface area contributed by atoms with Crippen LogP contribution in [0.4, 0.5) is 5.95 Å². The lowest BCUT2D eigenvalue weighted by Crippen LogP contribution is -2.33. The summed E-state index contributed by atoms with van der Waals surface area (Å²) in [5, 5.41) is 8.42. The second-order valence-electron chi connectivity index (χ2n) is 7.32. The van der Waals surface area contributed by atoms with Crippen LogP contribution in [0.1, 0.15) is 25.3 Å². The lowest BCUT2D eigenvalue weighted by Gasteiger charge is -2.28. The number of methoxy groups -OCH3 is 2. The smallest absolute Gasteiger partial charge is 0.236 e. The van der Waals surface area contributed by atoms with Crippen LogP contribution in [0.2, 0.25) is 5.02 Å². The third-order valence-corrected chi connectivity index (χ3v) is 6.70. The van der Waals surface area contributed by atoms with Gasteiger partial charge >= 0.3 is 0 Å². The van der Waals surface area contributed by atoms with Gasteiger partial charge in [-0.1, -0.05) is 17.7 Å². The Morgan fingerprint density at radius 3 is 2.70 bits per heavy atom. The molecule has 4 heterocycles. The van der Waals surface area contributed by atoms with Crippen molar-refractivity contribution in [3.63, 3.8) is 0 Å². The van der Waals surface area contributed by atoms with E-state index in [1.807, 2.05) is 16.7 Å². The fourth-order valence-corrected chi connectivity index (χ4v) is 4.37. The molecule has 1 aliphatic rings. The third kappa shape index (κ3) is 5.29. The van der Waals surface area contributed by atoms with Crippen molar-refractivity contribution in [2.75, 3.05) is 25.5 Å². The summed E-state index contributed by atoms with van der Waals surface area (Å²) < 4.78 is 34.3. The number of pyridine rings is 1. The van der Waals surface area contributed by atoms with Crippen molar-refractivity contribution < 1.29 is 18.4 Å². The minimum absolute atomic E-state index is 0.0194. The second kappa shape index (κ2) is 10.5. The van der Waals surface area contributed by atoms with Crippen LogP contribution in [0.15, 0.2) is 30.6 Å². The van der Waals surface area contributed by atoms with Gasteiger partial charge in [0.1, 0.15) is 22.8 Å². The lowest BCUT2D eigenvalue weighted by molar-refractivity contribution is -0.0587. The van der Waals surface area contributed by atoms with Crippen LogP contribution in [-0.4, -0.2) is 66.1 Å². The molecule has 0 saturated carbocycles. The van der Waals surface area contributed by atoms with Crippen LogP contribution < -0.4 is 9.46 Å². The van der Waals surface area contributed by atoms with E-state index in [1.54, 1.807) is 20.1 Å². The van der Waals surface area contributed by atoms with Crippen molar-refractivity contribution in [2.45, 2.75) is 37.3 Å². The van der Waals surface area contributed by atoms with Crippen molar-refractivity contribution in [3.8, 4) is 17.4 Å². The highest BCUT2D eigenvalue weighted by molar-refractivity contribution is 7.87. The Labute approximate surface area is 198 Å². The van der Waals surface area contributed by atoms with Crippen molar-refractivity contribution in [1.29, 1.82) is 0 Å². The highest BCUT2D eigenvalue weighted by Crippen LogP contribution is 2.26. The number of hydrogen-bond acceptors (Lipinski definition) is 9. The van der Waals surface area contributed by atoms with E-state index >= 15 is 0 Å². The quantitative estimate of drug-likeness (QED) is 0.453. The van der Waals surface area contributed by atoms with E-state index in [9.17, 15) is 4.21 Å². The summed E-state index contributed by atoms with van der Waals surface area (Å²) >= 11 is 5.88. The van der Waals surface area contributed by atoms with E-state index in [4.69, 9.17) is 25.8 Å². The van der Waals surface area contributed by atoms with E-state index < -0.39 is 22.3 Å². The summed E-state index contributed by atoms with van der Waals surface area (Å²) in [6, 6.07) is 5.38. The monoisotopic (exact) mass is 493 g/mol. The summed E-state index contributed by atoms with van der Waals surface area (Å²) in [7, 11) is 1.46. The molecule has 0 aromatic carbocycles. The molecule has 11 nitrogen and oxygen atoms in total. The number of nitrogens with one attached hydrogen (secondary N) is 1. The number of anilines is 1. The minimum atomic E-state index is -1.61. The second-order valence-corrected chi connectivity index (χ2v) is 9.30. The molecule has 176 valence electrons. The molecule has 4 rings (SSSR count). The lowest BCUT2D eigenvalue weighted by atomic mass is 10.2. The van der Waals surface area contributed by atoms with Gasteiger partial charge in [-0.05, 0) is 19.4 Å². The zero-order valence-corrected chi connectivity index (χ0v) is 19.9. The van der Waals surface area contributed by atoms with Crippen LogP contribution in [0.25, 0.3) is 11.5 Å². The first-order chi connectivity index (χ1) is 16.0. The highest BCUT2D eigenvalue weighted by atomic mass is 35.5. The van der Waals surface area contributed by atoms with Crippen LogP contribution in [-0.2, 0) is 27.0 Å². The normalized spacial score (nSPS) is 18.2. The van der Waals surface area contributed by atoms with E-state index in [0.717, 1.165) is 6.42 Å². The Kier molecular flexibility index (Phi) is 7.48. The molecule has 0 aliphatic carbocycles. The van der Waals surface area contributed by atoms with Crippen LogP contribution in [0.5, 0.6) is 5.88 Å². The average Bonchev–Trinajstić information content (AvgIpc) is 3.20. The number of hydrogen-bond donors (Lipinski definition) is 1. The number of aromatic nitrogens is 6. The largest absolute Gasteiger partial charge is 0.481 e. The SMILES string of the molecule is COc1cccc(-c2nnc(NS(=O)C(C)C(OC)c3ncc(Cl)cn3)n2CC2CCO2)n1. The molecule has 1 saturated heterocycles. The standard InChI is InChI=1S/C20H24ClN7O4S/c1-12(17(31-3)18-22-9-13(21)10-23-18)33(29)27-20-26-25-19(28(20)11-14-7-8-32-14)15-5-4-6-16(24-15)30-2/h4-6,9-10,12,14,17H,7-8,11H2,1-3H3,(H,26,27). The molecular weight excluding hydrogens is 470 g/mol. The summed E-state index contributed by atoms with van der Waals surface area (Å²) in [4.78, 5) is 12.8. The van der Waals surface area contributed by atoms with Gasteiger partial charge in [0.2, 0.25) is 11.8 Å². The molecule has 0 radical (unpaired) electrons. The topological polar surface area (TPSA) is 126 Å². The predicted octanol–water partition coefficient (Wildman–Crippen LogP) is 2.43. The first-order valence-electron chi connectivity index (χ1n) is 10.2. The maximum Gasteiger partial charge on any atom is 0.236 e. The molecule has 0 spiro atoms. The zero-order chi connectivity index (χ0) is 23.4. The molecule has 4 atom stereocenters. The van der Waals surface area contributed by atoms with E-state index in [1.165, 1.54) is 19.5 Å². The van der Waals surface area contributed by atoms with Crippen molar-refractivity contribution in [1.82, 2.24) is 29.7 Å². The molecule has 0 amide bonds. The Balaban J connectivity index is 1.59. The molecule has 4 unspecified atom stereocenters. The van der Waals surface area contributed by atoms with Gasteiger partial charge in [-0.3, -0.25) is 9.29 Å². The Morgan fingerprint density at radius 2 is 2.06 bits per heavy atom. The maximum absolute atomic E-state index is 13.2. The Morgan fingerprint density at radius 1 is 1.30 bits per heavy atom. The molecular formula is C20H24ClN7O4S. The van der Waals surface area contributed by atoms with Gasteiger partial charge in [0, 0.05) is 32.2 Å². The number of halogens is 1. The number of rotatable bonds is 10. The van der Waals surface area contributed by atoms with Gasteiger partial charge in [-0.15, -0.1) is 10.2 Å². The van der Waals surface area contributed by atoms with Crippen molar-refractivity contribution in [2.24, 2.45) is 0 Å². The van der Waals surface area contributed by atoms with Gasteiger partial charge in [-0.25, -0.2) is 19.2 Å². The molecule has 0 bridgehead atoms. The first-order valence-corrected chi connectivity index (χ1v) is 11.8. The molecule has 1 N–H and O–H groups in total. The van der Waals surface area contributed by atoms with Gasteiger partial charge in [0.25, 0.3) is 0 Å². The molecule has 1 fully saturated rings. The predicted molar refractivity (Wildman–Crippen MR) is 122 cm³/mol. The fraction of sp³-hybridized carbons (Fsp3) is 0.450. The first kappa shape index (κ1) is 23.5. The fourth-order valence-electron chi connectivity index (χ4n) is 3.30. The van der Waals surface area contributed by atoms with Crippen LogP contribution in [0.3, 0.4) is 0 Å². The van der Waals surface area contributed by atoms with Crippen molar-refractivity contribution >= 4 is 28.5 Å². The van der Waals surface area contributed by atoms with E-state index in [0.29, 0.717) is 47.3 Å². The molecule has 13 heteroatoms. The van der Waals surface area contributed by atoms with Crippen LogP contribution >= 0.6 is 11.6 Å². The molecule has 3 aromatic heterocycles. The van der Waals surface area contributed by atoms with Gasteiger partial charge in [0.15, 0.2) is 11.6 Å². The number of ether oxygens (including phenoxy) is 3. The molecule has 33 heavy (non-hydrogen) atoms. The number of nitrogens with zero attached hydrogens (tertiary/aromatic N) is 6. The van der Waals surface area contributed by atoms with Crippen molar-refractivity contribution in [3.05, 3.63) is 41.4 Å².